The van der Waals surface area contributed by atoms with Crippen LogP contribution in [0.5, 0.6) is 0 Å². The minimum atomic E-state index is -1.10. The van der Waals surface area contributed by atoms with Crippen LogP contribution in [-0.4, -0.2) is 46.1 Å². The highest BCUT2D eigenvalue weighted by Crippen LogP contribution is 2.12. The summed E-state index contributed by atoms with van der Waals surface area (Å²) in [6.07, 6.45) is 33.3. The zero-order valence-corrected chi connectivity index (χ0v) is 25.8. The Morgan fingerprint density at radius 1 is 0.615 bits per heavy atom. The van der Waals surface area contributed by atoms with Gasteiger partial charge in [0.15, 0.2) is 0 Å². The van der Waals surface area contributed by atoms with Gasteiger partial charge in [-0.15, -0.1) is 0 Å². The molecule has 5 nitrogen and oxygen atoms in total. The fraction of sp³-hybridized carbons (Fsp3) is 0.853. The number of rotatable bonds is 29. The first-order chi connectivity index (χ1) is 19.1. The second-order valence-electron chi connectivity index (χ2n) is 11.4. The Labute approximate surface area is 241 Å². The van der Waals surface area contributed by atoms with E-state index in [0.717, 1.165) is 32.1 Å². The molecule has 0 saturated heterocycles. The molecular weight excluding hydrogens is 486 g/mol. The third kappa shape index (κ3) is 25.5. The number of unbranched alkanes of at least 4 members (excludes halogenated alkanes) is 19. The van der Waals surface area contributed by atoms with E-state index < -0.39 is 24.2 Å². The summed E-state index contributed by atoms with van der Waals surface area (Å²) < 4.78 is 0. The molecule has 0 aliphatic rings. The zero-order valence-electron chi connectivity index (χ0n) is 25.8. The summed E-state index contributed by atoms with van der Waals surface area (Å²) in [6.45, 7) is 4.11. The number of hydrogen-bond donors (Lipinski definition) is 4. The lowest BCUT2D eigenvalue weighted by molar-refractivity contribution is -0.131. The Morgan fingerprint density at radius 3 is 1.49 bits per heavy atom. The number of hydrogen-bond acceptors (Lipinski definition) is 4. The summed E-state index contributed by atoms with van der Waals surface area (Å²) >= 11 is 0. The predicted octanol–water partition coefficient (Wildman–Crippen LogP) is 8.31. The van der Waals surface area contributed by atoms with Gasteiger partial charge in [0, 0.05) is 0 Å². The fourth-order valence-electron chi connectivity index (χ4n) is 4.82. The first-order valence-corrected chi connectivity index (χ1v) is 16.7. The van der Waals surface area contributed by atoms with Crippen molar-refractivity contribution in [3.05, 3.63) is 24.3 Å². The highest BCUT2D eigenvalue weighted by atomic mass is 16.3. The predicted molar refractivity (Wildman–Crippen MR) is 167 cm³/mol. The van der Waals surface area contributed by atoms with Crippen LogP contribution < -0.4 is 5.32 Å². The van der Waals surface area contributed by atoms with Gasteiger partial charge in [0.2, 0.25) is 5.91 Å². The van der Waals surface area contributed by atoms with Gasteiger partial charge in [-0.05, 0) is 44.9 Å². The normalized spacial score (nSPS) is 14.3. The van der Waals surface area contributed by atoms with Crippen LogP contribution in [0.1, 0.15) is 162 Å². The van der Waals surface area contributed by atoms with Gasteiger partial charge >= 0.3 is 0 Å². The van der Waals surface area contributed by atoms with Crippen molar-refractivity contribution >= 4 is 5.91 Å². The molecule has 39 heavy (non-hydrogen) atoms. The molecular formula is C34H65NO4. The number of aliphatic hydroxyl groups is 3. The summed E-state index contributed by atoms with van der Waals surface area (Å²) in [5.74, 6) is -0.513. The molecule has 0 aromatic rings. The van der Waals surface area contributed by atoms with Gasteiger partial charge in [-0.1, -0.05) is 141 Å². The summed E-state index contributed by atoms with van der Waals surface area (Å²) in [5.41, 5.74) is 0. The first kappa shape index (κ1) is 37.8. The molecule has 230 valence electrons. The van der Waals surface area contributed by atoms with E-state index in [2.05, 4.69) is 31.3 Å². The molecule has 0 fully saturated rings. The Bertz CT molecular complexity index is 578. The van der Waals surface area contributed by atoms with Gasteiger partial charge < -0.3 is 20.6 Å². The molecule has 0 heterocycles. The van der Waals surface area contributed by atoms with Crippen molar-refractivity contribution in [1.29, 1.82) is 0 Å². The summed E-state index contributed by atoms with van der Waals surface area (Å²) in [7, 11) is 0. The molecule has 1 amide bonds. The Morgan fingerprint density at radius 2 is 1.03 bits per heavy atom. The van der Waals surface area contributed by atoms with E-state index in [1.807, 2.05) is 6.08 Å². The van der Waals surface area contributed by atoms with Crippen LogP contribution in [0.15, 0.2) is 24.3 Å². The van der Waals surface area contributed by atoms with Gasteiger partial charge in [-0.3, -0.25) is 4.79 Å². The molecule has 0 spiro atoms. The maximum atomic E-state index is 12.3. The molecule has 5 heteroatoms. The van der Waals surface area contributed by atoms with E-state index in [4.69, 9.17) is 0 Å². The van der Waals surface area contributed by atoms with E-state index in [-0.39, 0.29) is 6.61 Å². The zero-order chi connectivity index (χ0) is 28.8. The van der Waals surface area contributed by atoms with E-state index in [1.165, 1.54) is 109 Å². The highest BCUT2D eigenvalue weighted by Gasteiger charge is 2.22. The molecule has 0 aromatic carbocycles. The Kier molecular flexibility index (Phi) is 28.9. The molecule has 1 unspecified atom stereocenters. The number of allylic oxidation sites excluding steroid dienone is 3. The van der Waals surface area contributed by atoms with Crippen LogP contribution in [0, 0.1) is 0 Å². The third-order valence-corrected chi connectivity index (χ3v) is 7.54. The standard InChI is InChI=1S/C34H65NO4/c1-3-5-7-9-11-13-14-15-16-17-18-19-21-23-25-27-29-33(38)34(39)35-31(30-36)32(37)28-26-24-22-20-12-10-8-6-4-2/h15-16,26,28,31-33,36-38H,3-14,17-25,27,29-30H2,1-2H3,(H,35,39)/b16-15-,28-26+/t31-,32+,33?/m0/s1. The lowest BCUT2D eigenvalue weighted by Crippen LogP contribution is -2.48. The fourth-order valence-corrected chi connectivity index (χ4v) is 4.82. The van der Waals surface area contributed by atoms with E-state index in [0.29, 0.717) is 6.42 Å². The van der Waals surface area contributed by atoms with Crippen molar-refractivity contribution in [3.8, 4) is 0 Å². The maximum absolute atomic E-state index is 12.3. The minimum Gasteiger partial charge on any atom is -0.394 e. The average Bonchev–Trinajstić information content (AvgIpc) is 2.94. The van der Waals surface area contributed by atoms with Crippen LogP contribution in [0.4, 0.5) is 0 Å². The van der Waals surface area contributed by atoms with Crippen LogP contribution >= 0.6 is 0 Å². The van der Waals surface area contributed by atoms with Crippen molar-refractivity contribution < 1.29 is 20.1 Å². The first-order valence-electron chi connectivity index (χ1n) is 16.7. The number of carbonyl (C=O) groups excluding carboxylic acids is 1. The topological polar surface area (TPSA) is 89.8 Å². The molecule has 0 rings (SSSR count). The van der Waals surface area contributed by atoms with Crippen LogP contribution in [-0.2, 0) is 4.79 Å². The van der Waals surface area contributed by atoms with Gasteiger partial charge in [-0.25, -0.2) is 0 Å². The van der Waals surface area contributed by atoms with Crippen molar-refractivity contribution in [2.45, 2.75) is 180 Å². The monoisotopic (exact) mass is 551 g/mol. The van der Waals surface area contributed by atoms with Crippen molar-refractivity contribution in [1.82, 2.24) is 5.32 Å². The van der Waals surface area contributed by atoms with Gasteiger partial charge in [0.25, 0.3) is 0 Å². The second-order valence-corrected chi connectivity index (χ2v) is 11.4. The molecule has 0 aromatic heterocycles. The van der Waals surface area contributed by atoms with Crippen molar-refractivity contribution in [2.24, 2.45) is 0 Å². The van der Waals surface area contributed by atoms with Gasteiger partial charge in [0.05, 0.1) is 18.8 Å². The van der Waals surface area contributed by atoms with E-state index >= 15 is 0 Å². The largest absolute Gasteiger partial charge is 0.394 e. The molecule has 4 N–H and O–H groups in total. The lowest BCUT2D eigenvalue weighted by atomic mass is 10.0. The average molecular weight is 552 g/mol. The van der Waals surface area contributed by atoms with Crippen molar-refractivity contribution in [2.75, 3.05) is 6.61 Å². The molecule has 0 aliphatic carbocycles. The third-order valence-electron chi connectivity index (χ3n) is 7.54. The molecule has 0 radical (unpaired) electrons. The summed E-state index contributed by atoms with van der Waals surface area (Å²) in [5, 5.41) is 32.7. The van der Waals surface area contributed by atoms with Gasteiger partial charge in [-0.2, -0.15) is 0 Å². The lowest BCUT2D eigenvalue weighted by Gasteiger charge is -2.21. The van der Waals surface area contributed by atoms with Crippen molar-refractivity contribution in [3.63, 3.8) is 0 Å². The summed E-state index contributed by atoms with van der Waals surface area (Å²) in [4.78, 5) is 12.3. The molecule has 0 bridgehead atoms. The van der Waals surface area contributed by atoms with Gasteiger partial charge in [0.1, 0.15) is 6.10 Å². The smallest absolute Gasteiger partial charge is 0.249 e. The van der Waals surface area contributed by atoms with Crippen LogP contribution in [0.2, 0.25) is 0 Å². The minimum absolute atomic E-state index is 0.365. The SMILES string of the molecule is CCCCCCCC/C=C\CCCCCCCCC(O)C(=O)N[C@@H](CO)[C@H](O)/C=C/CCCCCCCCC. The Hall–Kier alpha value is -1.17. The van der Waals surface area contributed by atoms with E-state index in [1.54, 1.807) is 6.08 Å². The summed E-state index contributed by atoms with van der Waals surface area (Å²) in [6, 6.07) is -0.794. The second kappa shape index (κ2) is 29.8. The molecule has 3 atom stereocenters. The number of amides is 1. The van der Waals surface area contributed by atoms with Crippen LogP contribution in [0.3, 0.4) is 0 Å². The number of nitrogens with one attached hydrogen (secondary N) is 1. The molecule has 0 saturated carbocycles. The van der Waals surface area contributed by atoms with E-state index in [9.17, 15) is 20.1 Å². The highest BCUT2D eigenvalue weighted by molar-refractivity contribution is 5.80. The Balaban J connectivity index is 3.77. The maximum Gasteiger partial charge on any atom is 0.249 e. The van der Waals surface area contributed by atoms with Crippen LogP contribution in [0.25, 0.3) is 0 Å². The number of carbonyl (C=O) groups is 1. The molecule has 0 aliphatic heterocycles. The number of aliphatic hydroxyl groups excluding tert-OH is 3. The quantitative estimate of drug-likeness (QED) is 0.0556.